The Morgan fingerprint density at radius 3 is 2.09 bits per heavy atom. The van der Waals surface area contributed by atoms with Crippen LogP contribution in [0.4, 0.5) is 0 Å². The second kappa shape index (κ2) is 12.2. The van der Waals surface area contributed by atoms with E-state index in [4.69, 9.17) is 23.5 Å². The van der Waals surface area contributed by atoms with Gasteiger partial charge in [0, 0.05) is 0 Å². The summed E-state index contributed by atoms with van der Waals surface area (Å²) in [5, 5.41) is 0. The van der Waals surface area contributed by atoms with Crippen molar-refractivity contribution in [2.45, 2.75) is 20.3 Å². The monoisotopic (exact) mass is 354 g/mol. The molecular formula is C16H35O6P. The van der Waals surface area contributed by atoms with Crippen molar-refractivity contribution in [1.82, 2.24) is 0 Å². The van der Waals surface area contributed by atoms with Gasteiger partial charge in [0.2, 0.25) is 0 Å². The van der Waals surface area contributed by atoms with Gasteiger partial charge in [-0.25, -0.2) is 0 Å². The molecule has 0 aromatic carbocycles. The van der Waals surface area contributed by atoms with E-state index in [-0.39, 0.29) is 12.4 Å². The summed E-state index contributed by atoms with van der Waals surface area (Å²) in [6, 6.07) is 0. The third-order valence-corrected chi connectivity index (χ3v) is 8.16. The van der Waals surface area contributed by atoms with Gasteiger partial charge in [0.15, 0.2) is 0 Å². The SMILES string of the molecule is CCOCCOCCC(=O)OP(C)(C)(CC)CCOCCOC. The fourth-order valence-electron chi connectivity index (χ4n) is 1.77. The van der Waals surface area contributed by atoms with Crippen molar-refractivity contribution in [3.63, 3.8) is 0 Å². The molecule has 0 radical (unpaired) electrons. The van der Waals surface area contributed by atoms with Crippen molar-refractivity contribution in [1.29, 1.82) is 0 Å². The number of ether oxygens (including phenoxy) is 4. The zero-order valence-electron chi connectivity index (χ0n) is 15.5. The van der Waals surface area contributed by atoms with Crippen LogP contribution in [0.3, 0.4) is 0 Å². The molecule has 23 heavy (non-hydrogen) atoms. The second-order valence-corrected chi connectivity index (χ2v) is 12.6. The third kappa shape index (κ3) is 11.8. The Bertz CT molecular complexity index is 322. The molecule has 0 spiro atoms. The van der Waals surface area contributed by atoms with Crippen molar-refractivity contribution >= 4 is 12.8 Å². The van der Waals surface area contributed by atoms with Crippen molar-refractivity contribution in [3.05, 3.63) is 0 Å². The van der Waals surface area contributed by atoms with Gasteiger partial charge < -0.3 is 0 Å². The van der Waals surface area contributed by atoms with E-state index in [1.54, 1.807) is 7.11 Å². The van der Waals surface area contributed by atoms with E-state index in [1.165, 1.54) is 0 Å². The molecule has 0 aromatic rings. The first kappa shape index (κ1) is 22.7. The van der Waals surface area contributed by atoms with E-state index in [9.17, 15) is 4.79 Å². The van der Waals surface area contributed by atoms with Gasteiger partial charge >= 0.3 is 140 Å². The molecule has 0 aliphatic carbocycles. The van der Waals surface area contributed by atoms with Crippen LogP contribution in [0.5, 0.6) is 0 Å². The summed E-state index contributed by atoms with van der Waals surface area (Å²) in [6.07, 6.45) is 1.88. The molecule has 0 atom stereocenters. The molecular weight excluding hydrogens is 319 g/mol. The number of hydrogen-bond donors (Lipinski definition) is 0. The first-order chi connectivity index (χ1) is 10.9. The molecule has 0 rings (SSSR count). The van der Waals surface area contributed by atoms with Crippen molar-refractivity contribution in [2.24, 2.45) is 0 Å². The van der Waals surface area contributed by atoms with E-state index < -0.39 is 6.83 Å². The number of carbonyl (C=O) groups excluding carboxylic acids is 1. The Morgan fingerprint density at radius 1 is 0.870 bits per heavy atom. The summed E-state index contributed by atoms with van der Waals surface area (Å²) in [5.41, 5.74) is 0. The predicted octanol–water partition coefficient (Wildman–Crippen LogP) is 2.38. The van der Waals surface area contributed by atoms with Gasteiger partial charge in [-0.3, -0.25) is 0 Å². The average Bonchev–Trinajstić information content (AvgIpc) is 2.50. The zero-order valence-corrected chi connectivity index (χ0v) is 16.4. The summed E-state index contributed by atoms with van der Waals surface area (Å²) in [6.45, 7) is 9.50. The average molecular weight is 354 g/mol. The predicted molar refractivity (Wildman–Crippen MR) is 94.9 cm³/mol. The molecule has 0 saturated heterocycles. The van der Waals surface area contributed by atoms with Crippen LogP contribution in [-0.2, 0) is 28.3 Å². The number of carbonyl (C=O) groups is 1. The van der Waals surface area contributed by atoms with Gasteiger partial charge in [0.05, 0.1) is 0 Å². The molecule has 0 unspecified atom stereocenters. The standard InChI is InChI=1S/C16H35O6P/c1-6-19-12-13-20-9-8-16(17)22-23(4,5,7-2)15-14-21-11-10-18-3/h6-15H2,1-5H3. The molecule has 0 bridgehead atoms. The molecule has 7 heteroatoms. The van der Waals surface area contributed by atoms with Gasteiger partial charge in [-0.15, -0.1) is 0 Å². The summed E-state index contributed by atoms with van der Waals surface area (Å²) >= 11 is 0. The Kier molecular flexibility index (Phi) is 12.0. The Balaban J connectivity index is 4.07. The molecule has 0 aliphatic rings. The van der Waals surface area contributed by atoms with Crippen LogP contribution in [0.15, 0.2) is 0 Å². The van der Waals surface area contributed by atoms with Crippen LogP contribution in [0.25, 0.3) is 0 Å². The number of rotatable bonds is 15. The molecule has 6 nitrogen and oxygen atoms in total. The van der Waals surface area contributed by atoms with Crippen LogP contribution < -0.4 is 0 Å². The van der Waals surface area contributed by atoms with E-state index in [2.05, 4.69) is 20.3 Å². The molecule has 0 heterocycles. The molecule has 0 fully saturated rings. The Labute approximate surface area is 141 Å². The maximum atomic E-state index is 12.1. The van der Waals surface area contributed by atoms with E-state index in [0.717, 1.165) is 12.3 Å². The summed E-state index contributed by atoms with van der Waals surface area (Å²) in [5.74, 6) is -0.192. The van der Waals surface area contributed by atoms with Gasteiger partial charge in [0.25, 0.3) is 0 Å². The van der Waals surface area contributed by atoms with Crippen LogP contribution in [0.2, 0.25) is 0 Å². The molecule has 0 amide bonds. The van der Waals surface area contributed by atoms with Crippen molar-refractivity contribution < 1.29 is 28.3 Å². The van der Waals surface area contributed by atoms with E-state index >= 15 is 0 Å². The Morgan fingerprint density at radius 2 is 1.48 bits per heavy atom. The normalized spacial score (nSPS) is 13.5. The second-order valence-electron chi connectivity index (χ2n) is 6.23. The fraction of sp³-hybridized carbons (Fsp3) is 0.938. The van der Waals surface area contributed by atoms with Gasteiger partial charge in [0.1, 0.15) is 0 Å². The summed E-state index contributed by atoms with van der Waals surface area (Å²) in [7, 11) is 1.65. The molecule has 0 N–H and O–H groups in total. The van der Waals surface area contributed by atoms with Gasteiger partial charge in [-0.1, -0.05) is 0 Å². The van der Waals surface area contributed by atoms with Crippen LogP contribution in [0, 0.1) is 0 Å². The fourth-order valence-corrected chi connectivity index (χ4v) is 3.80. The topological polar surface area (TPSA) is 63.2 Å². The zero-order chi connectivity index (χ0) is 17.6. The van der Waals surface area contributed by atoms with E-state index in [0.29, 0.717) is 46.2 Å². The van der Waals surface area contributed by atoms with Crippen LogP contribution in [-0.4, -0.2) is 85.0 Å². The first-order valence-corrected chi connectivity index (χ1v) is 11.7. The third-order valence-electron chi connectivity index (χ3n) is 3.79. The molecule has 0 saturated carbocycles. The summed E-state index contributed by atoms with van der Waals surface area (Å²) < 4.78 is 26.9. The van der Waals surface area contributed by atoms with Gasteiger partial charge in [-0.2, -0.15) is 0 Å². The maximum absolute atomic E-state index is 12.1. The van der Waals surface area contributed by atoms with E-state index in [1.807, 2.05) is 6.92 Å². The minimum absolute atomic E-state index is 0.192. The van der Waals surface area contributed by atoms with Crippen LogP contribution >= 0.6 is 6.83 Å². The van der Waals surface area contributed by atoms with Crippen LogP contribution in [0.1, 0.15) is 20.3 Å². The first-order valence-electron chi connectivity index (χ1n) is 8.31. The number of hydrogen-bond acceptors (Lipinski definition) is 6. The summed E-state index contributed by atoms with van der Waals surface area (Å²) in [4.78, 5) is 12.1. The quantitative estimate of drug-likeness (QED) is 0.332. The molecule has 140 valence electrons. The molecule has 0 aliphatic heterocycles. The number of methoxy groups -OCH3 is 1. The van der Waals surface area contributed by atoms with Crippen molar-refractivity contribution in [3.8, 4) is 0 Å². The molecule has 0 aromatic heterocycles. The van der Waals surface area contributed by atoms with Gasteiger partial charge in [-0.05, 0) is 0 Å². The van der Waals surface area contributed by atoms with Crippen molar-refractivity contribution in [2.75, 3.05) is 79.0 Å². The Hall–Kier alpha value is -0.260. The minimum atomic E-state index is -2.50.